The molecule has 5 heteroatoms. The maximum Gasteiger partial charge on any atom is 0.236 e. The van der Waals surface area contributed by atoms with Crippen LogP contribution in [0, 0.1) is 0 Å². The SMILES string of the molecule is COCC(C)Oc1c(N)c(C(C)C)nn1C. The first kappa shape index (κ1) is 12.8. The van der Waals surface area contributed by atoms with E-state index in [9.17, 15) is 0 Å². The molecule has 92 valence electrons. The molecule has 0 aromatic carbocycles. The fourth-order valence-corrected chi connectivity index (χ4v) is 1.57. The third-order valence-corrected chi connectivity index (χ3v) is 2.32. The third kappa shape index (κ3) is 2.66. The van der Waals surface area contributed by atoms with Crippen LogP contribution in [-0.4, -0.2) is 29.6 Å². The van der Waals surface area contributed by atoms with Crippen molar-refractivity contribution in [2.24, 2.45) is 7.05 Å². The van der Waals surface area contributed by atoms with Crippen LogP contribution in [0.25, 0.3) is 0 Å². The van der Waals surface area contributed by atoms with Gasteiger partial charge in [-0.25, -0.2) is 4.68 Å². The zero-order chi connectivity index (χ0) is 12.3. The Morgan fingerprint density at radius 1 is 1.38 bits per heavy atom. The Labute approximate surface area is 96.5 Å². The molecule has 1 rings (SSSR count). The average molecular weight is 227 g/mol. The van der Waals surface area contributed by atoms with Gasteiger partial charge in [-0.2, -0.15) is 5.10 Å². The molecule has 0 aliphatic rings. The number of rotatable bonds is 5. The smallest absolute Gasteiger partial charge is 0.236 e. The van der Waals surface area contributed by atoms with Gasteiger partial charge in [0.1, 0.15) is 11.8 Å². The van der Waals surface area contributed by atoms with E-state index in [4.69, 9.17) is 15.2 Å². The van der Waals surface area contributed by atoms with Crippen molar-refractivity contribution in [2.45, 2.75) is 32.8 Å². The van der Waals surface area contributed by atoms with E-state index in [1.165, 1.54) is 0 Å². The van der Waals surface area contributed by atoms with E-state index < -0.39 is 0 Å². The molecule has 2 N–H and O–H groups in total. The number of hydrogen-bond donors (Lipinski definition) is 1. The summed E-state index contributed by atoms with van der Waals surface area (Å²) in [7, 11) is 3.48. The zero-order valence-electron chi connectivity index (χ0n) is 10.7. The van der Waals surface area contributed by atoms with Gasteiger partial charge >= 0.3 is 0 Å². The largest absolute Gasteiger partial charge is 0.471 e. The van der Waals surface area contributed by atoms with E-state index in [1.54, 1.807) is 11.8 Å². The van der Waals surface area contributed by atoms with E-state index in [0.717, 1.165) is 5.69 Å². The summed E-state index contributed by atoms with van der Waals surface area (Å²) in [5, 5.41) is 4.35. The maximum absolute atomic E-state index is 6.00. The molecule has 1 aromatic rings. The molecule has 1 atom stereocenters. The van der Waals surface area contributed by atoms with Crippen molar-refractivity contribution in [3.63, 3.8) is 0 Å². The standard InChI is InChI=1S/C11H21N3O2/c1-7(2)10-9(12)11(14(4)13-10)16-8(3)6-15-5/h7-8H,6,12H2,1-5H3. The predicted molar refractivity (Wildman–Crippen MR) is 63.7 cm³/mol. The highest BCUT2D eigenvalue weighted by atomic mass is 16.5. The van der Waals surface area contributed by atoms with Crippen molar-refractivity contribution >= 4 is 5.69 Å². The summed E-state index contributed by atoms with van der Waals surface area (Å²) in [4.78, 5) is 0. The van der Waals surface area contributed by atoms with E-state index in [1.807, 2.05) is 14.0 Å². The van der Waals surface area contributed by atoms with Gasteiger partial charge in [-0.05, 0) is 12.8 Å². The topological polar surface area (TPSA) is 62.3 Å². The number of ether oxygens (including phenoxy) is 2. The van der Waals surface area contributed by atoms with Crippen LogP contribution >= 0.6 is 0 Å². The number of nitrogens with zero attached hydrogens (tertiary/aromatic N) is 2. The molecule has 0 bridgehead atoms. The van der Waals surface area contributed by atoms with Crippen LogP contribution in [0.1, 0.15) is 32.4 Å². The van der Waals surface area contributed by atoms with Crippen LogP contribution in [0.15, 0.2) is 0 Å². The molecule has 0 aliphatic heterocycles. The molecular formula is C11H21N3O2. The van der Waals surface area contributed by atoms with Gasteiger partial charge in [0, 0.05) is 14.2 Å². The Bertz CT molecular complexity index is 347. The fraction of sp³-hybridized carbons (Fsp3) is 0.727. The van der Waals surface area contributed by atoms with Gasteiger partial charge in [0.25, 0.3) is 0 Å². The summed E-state index contributed by atoms with van der Waals surface area (Å²) in [5.41, 5.74) is 7.50. The van der Waals surface area contributed by atoms with Gasteiger partial charge in [0.15, 0.2) is 0 Å². The number of nitrogen functional groups attached to an aromatic ring is 1. The van der Waals surface area contributed by atoms with Crippen LogP contribution in [0.3, 0.4) is 0 Å². The van der Waals surface area contributed by atoms with Crippen LogP contribution < -0.4 is 10.5 Å². The van der Waals surface area contributed by atoms with Crippen LogP contribution in [0.5, 0.6) is 5.88 Å². The van der Waals surface area contributed by atoms with E-state index >= 15 is 0 Å². The molecule has 5 nitrogen and oxygen atoms in total. The normalized spacial score (nSPS) is 13.1. The minimum atomic E-state index is -0.0392. The zero-order valence-corrected chi connectivity index (χ0v) is 10.7. The lowest BCUT2D eigenvalue weighted by Crippen LogP contribution is -2.20. The van der Waals surface area contributed by atoms with E-state index in [0.29, 0.717) is 24.1 Å². The highest BCUT2D eigenvalue weighted by molar-refractivity contribution is 5.54. The van der Waals surface area contributed by atoms with E-state index in [-0.39, 0.29) is 6.10 Å². The van der Waals surface area contributed by atoms with Crippen molar-refractivity contribution in [3.8, 4) is 5.88 Å². The van der Waals surface area contributed by atoms with Crippen LogP contribution in [0.2, 0.25) is 0 Å². The summed E-state index contributed by atoms with van der Waals surface area (Å²) in [6.07, 6.45) is -0.0392. The molecule has 0 saturated carbocycles. The average Bonchev–Trinajstić information content (AvgIpc) is 2.46. The molecule has 16 heavy (non-hydrogen) atoms. The van der Waals surface area contributed by atoms with Crippen LogP contribution in [-0.2, 0) is 11.8 Å². The predicted octanol–water partition coefficient (Wildman–Crippen LogP) is 1.54. The van der Waals surface area contributed by atoms with Crippen molar-refractivity contribution in [1.29, 1.82) is 0 Å². The van der Waals surface area contributed by atoms with Gasteiger partial charge in [-0.1, -0.05) is 13.8 Å². The number of aryl methyl sites for hydroxylation is 1. The first-order chi connectivity index (χ1) is 7.47. The summed E-state index contributed by atoms with van der Waals surface area (Å²) in [6.45, 7) is 6.58. The molecule has 0 radical (unpaired) electrons. The number of hydrogen-bond acceptors (Lipinski definition) is 4. The maximum atomic E-state index is 6.00. The van der Waals surface area contributed by atoms with Crippen molar-refractivity contribution in [3.05, 3.63) is 5.69 Å². The number of methoxy groups -OCH3 is 1. The first-order valence-corrected chi connectivity index (χ1v) is 5.45. The number of anilines is 1. The van der Waals surface area contributed by atoms with Gasteiger partial charge in [-0.3, -0.25) is 0 Å². The van der Waals surface area contributed by atoms with Crippen molar-refractivity contribution in [1.82, 2.24) is 9.78 Å². The second-order valence-electron chi connectivity index (χ2n) is 4.27. The lowest BCUT2D eigenvalue weighted by Gasteiger charge is -2.14. The minimum absolute atomic E-state index is 0.0392. The second-order valence-corrected chi connectivity index (χ2v) is 4.27. The highest BCUT2D eigenvalue weighted by Gasteiger charge is 2.18. The lowest BCUT2D eigenvalue weighted by molar-refractivity contribution is 0.0865. The molecule has 1 unspecified atom stereocenters. The molecule has 0 saturated heterocycles. The Balaban J connectivity index is 2.88. The number of aromatic nitrogens is 2. The first-order valence-electron chi connectivity index (χ1n) is 5.45. The molecule has 1 heterocycles. The molecule has 1 aromatic heterocycles. The van der Waals surface area contributed by atoms with Gasteiger partial charge in [0.05, 0.1) is 12.3 Å². The Morgan fingerprint density at radius 2 is 2.00 bits per heavy atom. The van der Waals surface area contributed by atoms with Crippen molar-refractivity contribution in [2.75, 3.05) is 19.5 Å². The van der Waals surface area contributed by atoms with Crippen LogP contribution in [0.4, 0.5) is 5.69 Å². The van der Waals surface area contributed by atoms with Gasteiger partial charge in [-0.15, -0.1) is 0 Å². The quantitative estimate of drug-likeness (QED) is 0.828. The van der Waals surface area contributed by atoms with Crippen molar-refractivity contribution < 1.29 is 9.47 Å². The number of nitrogens with two attached hydrogens (primary N) is 1. The minimum Gasteiger partial charge on any atom is -0.471 e. The van der Waals surface area contributed by atoms with Gasteiger partial charge < -0.3 is 15.2 Å². The lowest BCUT2D eigenvalue weighted by atomic mass is 10.1. The molecular weight excluding hydrogens is 206 g/mol. The van der Waals surface area contributed by atoms with E-state index in [2.05, 4.69) is 18.9 Å². The molecule has 0 spiro atoms. The summed E-state index contributed by atoms with van der Waals surface area (Å²) < 4.78 is 12.4. The third-order valence-electron chi connectivity index (χ3n) is 2.32. The Morgan fingerprint density at radius 3 is 2.44 bits per heavy atom. The Kier molecular flexibility index (Phi) is 4.18. The second kappa shape index (κ2) is 5.21. The summed E-state index contributed by atoms with van der Waals surface area (Å²) in [6, 6.07) is 0. The highest BCUT2D eigenvalue weighted by Crippen LogP contribution is 2.30. The fourth-order valence-electron chi connectivity index (χ4n) is 1.57. The van der Waals surface area contributed by atoms with Gasteiger partial charge in [0.2, 0.25) is 5.88 Å². The summed E-state index contributed by atoms with van der Waals surface area (Å²) in [5.74, 6) is 0.912. The monoisotopic (exact) mass is 227 g/mol. The molecule has 0 fully saturated rings. The molecule has 0 aliphatic carbocycles. The molecule has 0 amide bonds. The summed E-state index contributed by atoms with van der Waals surface area (Å²) >= 11 is 0. The Hall–Kier alpha value is -1.23.